The van der Waals surface area contributed by atoms with Crippen molar-refractivity contribution in [2.24, 2.45) is 0 Å². The Bertz CT molecular complexity index is 804. The van der Waals surface area contributed by atoms with Gasteiger partial charge in [0.05, 0.1) is 4.90 Å². The van der Waals surface area contributed by atoms with Crippen LogP contribution in [0.3, 0.4) is 0 Å². The van der Waals surface area contributed by atoms with Crippen molar-refractivity contribution in [3.63, 3.8) is 0 Å². The van der Waals surface area contributed by atoms with Crippen molar-refractivity contribution in [3.05, 3.63) is 63.6 Å². The molecular weight excluding hydrogens is 365 g/mol. The fourth-order valence-electron chi connectivity index (χ4n) is 2.43. The van der Waals surface area contributed by atoms with E-state index in [9.17, 15) is 8.42 Å². The molecule has 2 atom stereocenters. The normalized spacial score (nSPS) is 14.4. The average molecular weight is 386 g/mol. The summed E-state index contributed by atoms with van der Waals surface area (Å²) in [5.74, 6) is 0.404. The molecule has 2 aromatic rings. The Hall–Kier alpha value is -1.07. The molecule has 0 spiro atoms. The first-order valence-electron chi connectivity index (χ1n) is 7.82. The zero-order chi connectivity index (χ0) is 17.9. The lowest BCUT2D eigenvalue weighted by atomic mass is 9.99. The van der Waals surface area contributed by atoms with Crippen LogP contribution >= 0.6 is 23.2 Å². The number of rotatable bonds is 6. The SMILES string of the molecule is CC[C@H](C)c1ccc(S(=O)(=O)N[C@@H](C)c2ccc(Cl)cc2Cl)cc1. The molecule has 0 aliphatic rings. The van der Waals surface area contributed by atoms with Gasteiger partial charge in [0.15, 0.2) is 0 Å². The van der Waals surface area contributed by atoms with Crippen molar-refractivity contribution in [1.82, 2.24) is 4.72 Å². The van der Waals surface area contributed by atoms with Crippen LogP contribution < -0.4 is 4.72 Å². The summed E-state index contributed by atoms with van der Waals surface area (Å²) in [6, 6.07) is 11.6. The van der Waals surface area contributed by atoms with E-state index in [1.165, 1.54) is 0 Å². The highest BCUT2D eigenvalue weighted by Crippen LogP contribution is 2.27. The van der Waals surface area contributed by atoms with E-state index in [1.807, 2.05) is 12.1 Å². The predicted octanol–water partition coefficient (Wildman–Crippen LogP) is 5.55. The maximum atomic E-state index is 12.6. The molecule has 0 bridgehead atoms. The van der Waals surface area contributed by atoms with Gasteiger partial charge in [-0.15, -0.1) is 0 Å². The number of benzene rings is 2. The standard InChI is InChI=1S/C18H21Cl2NO2S/c1-4-12(2)14-5-8-16(9-6-14)24(22,23)21-13(3)17-10-7-15(19)11-18(17)20/h5-13,21H,4H2,1-3H3/t12-,13-/m0/s1. The molecule has 3 nitrogen and oxygen atoms in total. The highest BCUT2D eigenvalue weighted by Gasteiger charge is 2.20. The van der Waals surface area contributed by atoms with Crippen molar-refractivity contribution in [3.8, 4) is 0 Å². The minimum atomic E-state index is -3.63. The largest absolute Gasteiger partial charge is 0.241 e. The number of sulfonamides is 1. The fraction of sp³-hybridized carbons (Fsp3) is 0.333. The Morgan fingerprint density at radius 1 is 1.04 bits per heavy atom. The first-order valence-corrected chi connectivity index (χ1v) is 10.1. The Kier molecular flexibility index (Phi) is 6.32. The zero-order valence-electron chi connectivity index (χ0n) is 13.9. The third-order valence-corrected chi connectivity index (χ3v) is 6.25. The van der Waals surface area contributed by atoms with Gasteiger partial charge in [0.25, 0.3) is 0 Å². The van der Waals surface area contributed by atoms with Crippen LogP contribution in [0.25, 0.3) is 0 Å². The van der Waals surface area contributed by atoms with Crippen LogP contribution in [0.15, 0.2) is 47.4 Å². The summed E-state index contributed by atoms with van der Waals surface area (Å²) < 4.78 is 27.8. The fourth-order valence-corrected chi connectivity index (χ4v) is 4.22. The van der Waals surface area contributed by atoms with Crippen LogP contribution in [0.5, 0.6) is 0 Å². The Morgan fingerprint density at radius 2 is 1.67 bits per heavy atom. The van der Waals surface area contributed by atoms with Gasteiger partial charge in [0.2, 0.25) is 10.0 Å². The van der Waals surface area contributed by atoms with Crippen molar-refractivity contribution in [2.75, 3.05) is 0 Å². The molecule has 0 saturated heterocycles. The van der Waals surface area contributed by atoms with Gasteiger partial charge in [0.1, 0.15) is 0 Å². The molecule has 2 aromatic carbocycles. The van der Waals surface area contributed by atoms with Crippen LogP contribution in [0.2, 0.25) is 10.0 Å². The minimum absolute atomic E-state index is 0.242. The van der Waals surface area contributed by atoms with E-state index in [0.29, 0.717) is 21.5 Å². The second kappa shape index (κ2) is 7.87. The zero-order valence-corrected chi connectivity index (χ0v) is 16.2. The van der Waals surface area contributed by atoms with E-state index in [4.69, 9.17) is 23.2 Å². The Morgan fingerprint density at radius 3 is 2.21 bits per heavy atom. The van der Waals surface area contributed by atoms with Gasteiger partial charge in [-0.1, -0.05) is 55.2 Å². The first kappa shape index (κ1) is 19.3. The average Bonchev–Trinajstić information content (AvgIpc) is 2.53. The molecule has 2 rings (SSSR count). The van der Waals surface area contributed by atoms with E-state index in [1.54, 1.807) is 37.3 Å². The van der Waals surface area contributed by atoms with Crippen LogP contribution in [0.4, 0.5) is 0 Å². The summed E-state index contributed by atoms with van der Waals surface area (Å²) in [5, 5.41) is 0.948. The van der Waals surface area contributed by atoms with Crippen molar-refractivity contribution < 1.29 is 8.42 Å². The summed E-state index contributed by atoms with van der Waals surface area (Å²) in [4.78, 5) is 0.242. The quantitative estimate of drug-likeness (QED) is 0.708. The van der Waals surface area contributed by atoms with Gasteiger partial charge in [-0.05, 0) is 54.7 Å². The lowest BCUT2D eigenvalue weighted by Gasteiger charge is -2.17. The molecule has 0 saturated carbocycles. The number of nitrogens with one attached hydrogen (secondary N) is 1. The third kappa shape index (κ3) is 4.51. The summed E-state index contributed by atoms with van der Waals surface area (Å²) in [5.41, 5.74) is 1.81. The predicted molar refractivity (Wildman–Crippen MR) is 100 cm³/mol. The molecule has 130 valence electrons. The van der Waals surface area contributed by atoms with Crippen molar-refractivity contribution >= 4 is 33.2 Å². The van der Waals surface area contributed by atoms with Crippen LogP contribution in [0, 0.1) is 0 Å². The molecule has 6 heteroatoms. The third-order valence-electron chi connectivity index (χ3n) is 4.13. The van der Waals surface area contributed by atoms with E-state index in [2.05, 4.69) is 18.6 Å². The second-order valence-corrected chi connectivity index (χ2v) is 8.44. The second-order valence-electron chi connectivity index (χ2n) is 5.89. The van der Waals surface area contributed by atoms with Gasteiger partial charge in [-0.25, -0.2) is 13.1 Å². The molecule has 0 radical (unpaired) electrons. The van der Waals surface area contributed by atoms with E-state index >= 15 is 0 Å². The van der Waals surface area contributed by atoms with Gasteiger partial charge < -0.3 is 0 Å². The summed E-state index contributed by atoms with van der Waals surface area (Å²) in [6.07, 6.45) is 1.01. The van der Waals surface area contributed by atoms with Gasteiger partial charge in [0, 0.05) is 16.1 Å². The molecule has 0 heterocycles. The number of halogens is 2. The summed E-state index contributed by atoms with van der Waals surface area (Å²) >= 11 is 12.0. The molecule has 24 heavy (non-hydrogen) atoms. The highest BCUT2D eigenvalue weighted by atomic mass is 35.5. The highest BCUT2D eigenvalue weighted by molar-refractivity contribution is 7.89. The van der Waals surface area contributed by atoms with Crippen molar-refractivity contribution in [2.45, 2.75) is 44.0 Å². The summed E-state index contributed by atoms with van der Waals surface area (Å²) in [6.45, 7) is 5.97. The van der Waals surface area contributed by atoms with Crippen LogP contribution in [-0.4, -0.2) is 8.42 Å². The first-order chi connectivity index (χ1) is 11.2. The molecule has 0 amide bonds. The van der Waals surface area contributed by atoms with Gasteiger partial charge >= 0.3 is 0 Å². The number of hydrogen-bond acceptors (Lipinski definition) is 2. The summed E-state index contributed by atoms with van der Waals surface area (Å²) in [7, 11) is -3.63. The van der Waals surface area contributed by atoms with Crippen molar-refractivity contribution in [1.29, 1.82) is 0 Å². The lowest BCUT2D eigenvalue weighted by molar-refractivity contribution is 0.567. The van der Waals surface area contributed by atoms with E-state index < -0.39 is 16.1 Å². The molecule has 0 aromatic heterocycles. The monoisotopic (exact) mass is 385 g/mol. The molecule has 1 N–H and O–H groups in total. The van der Waals surface area contributed by atoms with Crippen LogP contribution in [-0.2, 0) is 10.0 Å². The maximum Gasteiger partial charge on any atom is 0.241 e. The van der Waals surface area contributed by atoms with Gasteiger partial charge in [-0.2, -0.15) is 0 Å². The van der Waals surface area contributed by atoms with Gasteiger partial charge in [-0.3, -0.25) is 0 Å². The molecular formula is C18H21Cl2NO2S. The molecule has 0 aliphatic heterocycles. The topological polar surface area (TPSA) is 46.2 Å². The minimum Gasteiger partial charge on any atom is -0.207 e. The Labute approximate surface area is 154 Å². The number of hydrogen-bond donors (Lipinski definition) is 1. The van der Waals surface area contributed by atoms with E-state index in [0.717, 1.165) is 12.0 Å². The van der Waals surface area contributed by atoms with E-state index in [-0.39, 0.29) is 4.90 Å². The molecule has 0 aliphatic carbocycles. The smallest absolute Gasteiger partial charge is 0.207 e. The molecule has 0 fully saturated rings. The maximum absolute atomic E-state index is 12.6. The van der Waals surface area contributed by atoms with Crippen LogP contribution in [0.1, 0.15) is 50.3 Å². The lowest BCUT2D eigenvalue weighted by Crippen LogP contribution is -2.27. The Balaban J connectivity index is 2.21. The molecule has 0 unspecified atom stereocenters.